The average Bonchev–Trinajstić information content (AvgIpc) is 2.84. The Hall–Kier alpha value is -1.06. The topological polar surface area (TPSA) is 41.1 Å². The lowest BCUT2D eigenvalue weighted by atomic mass is 9.75. The molecule has 0 aliphatic carbocycles. The van der Waals surface area contributed by atoms with Crippen molar-refractivity contribution in [2.45, 2.75) is 27.2 Å². The molecule has 1 amide bonds. The number of hydrogen-bond donors (Lipinski definition) is 2. The average molecular weight is 281 g/mol. The van der Waals surface area contributed by atoms with Gasteiger partial charge in [-0.3, -0.25) is 4.79 Å². The summed E-state index contributed by atoms with van der Waals surface area (Å²) in [6.07, 6.45) is 0.885. The highest BCUT2D eigenvalue weighted by atomic mass is 35.5. The van der Waals surface area contributed by atoms with Gasteiger partial charge in [0.15, 0.2) is 0 Å². The first-order chi connectivity index (χ1) is 8.95. The minimum atomic E-state index is -0.308. The quantitative estimate of drug-likeness (QED) is 0.893. The Morgan fingerprint density at radius 3 is 2.74 bits per heavy atom. The molecule has 1 atom stereocenters. The van der Waals surface area contributed by atoms with E-state index in [1.165, 1.54) is 0 Å². The van der Waals surface area contributed by atoms with Gasteiger partial charge in [-0.2, -0.15) is 0 Å². The van der Waals surface area contributed by atoms with E-state index in [2.05, 4.69) is 24.5 Å². The zero-order chi connectivity index (χ0) is 14.0. The van der Waals surface area contributed by atoms with E-state index >= 15 is 0 Å². The van der Waals surface area contributed by atoms with Crippen molar-refractivity contribution in [3.05, 3.63) is 28.8 Å². The van der Waals surface area contributed by atoms with Crippen LogP contribution in [0, 0.1) is 18.3 Å². The number of halogens is 1. The number of nitrogens with one attached hydrogen (secondary N) is 2. The number of hydrogen-bond acceptors (Lipinski definition) is 2. The molecule has 1 heterocycles. The summed E-state index contributed by atoms with van der Waals surface area (Å²) in [7, 11) is 0. The van der Waals surface area contributed by atoms with Crippen LogP contribution in [0.4, 0.5) is 5.69 Å². The summed E-state index contributed by atoms with van der Waals surface area (Å²) in [4.78, 5) is 12.6. The van der Waals surface area contributed by atoms with E-state index in [0.29, 0.717) is 10.9 Å². The summed E-state index contributed by atoms with van der Waals surface area (Å²) in [6, 6.07) is 5.63. The predicted molar refractivity (Wildman–Crippen MR) is 79.6 cm³/mol. The van der Waals surface area contributed by atoms with Crippen molar-refractivity contribution in [3.63, 3.8) is 0 Å². The molecule has 0 aromatic heterocycles. The summed E-state index contributed by atoms with van der Waals surface area (Å²) in [5.41, 5.74) is 1.48. The second kappa shape index (κ2) is 5.51. The van der Waals surface area contributed by atoms with Gasteiger partial charge in [-0.15, -0.1) is 0 Å². The highest BCUT2D eigenvalue weighted by Crippen LogP contribution is 2.35. The predicted octanol–water partition coefficient (Wildman–Crippen LogP) is 3.22. The van der Waals surface area contributed by atoms with Crippen molar-refractivity contribution < 1.29 is 4.79 Å². The number of rotatable bonds is 3. The Balaban J connectivity index is 2.17. The fourth-order valence-corrected chi connectivity index (χ4v) is 2.77. The summed E-state index contributed by atoms with van der Waals surface area (Å²) < 4.78 is 0. The van der Waals surface area contributed by atoms with Crippen LogP contribution in [0.15, 0.2) is 18.2 Å². The first-order valence-electron chi connectivity index (χ1n) is 6.74. The molecular formula is C15H21ClN2O. The first-order valence-corrected chi connectivity index (χ1v) is 7.12. The highest BCUT2D eigenvalue weighted by Gasteiger charge is 2.43. The molecule has 0 bridgehead atoms. The third-order valence-corrected chi connectivity index (χ3v) is 4.58. The molecule has 0 radical (unpaired) electrons. The van der Waals surface area contributed by atoms with Gasteiger partial charge in [0.1, 0.15) is 0 Å². The van der Waals surface area contributed by atoms with Crippen LogP contribution < -0.4 is 10.6 Å². The number of carbonyl (C=O) groups excluding carboxylic acids is 1. The molecule has 1 unspecified atom stereocenters. The second-order valence-corrected chi connectivity index (χ2v) is 6.06. The summed E-state index contributed by atoms with van der Waals surface area (Å²) in [5.74, 6) is 0.399. The number of anilines is 1. The molecule has 19 heavy (non-hydrogen) atoms. The maximum atomic E-state index is 12.6. The van der Waals surface area contributed by atoms with Gasteiger partial charge in [-0.05, 0) is 43.5 Å². The van der Waals surface area contributed by atoms with E-state index in [-0.39, 0.29) is 11.3 Å². The van der Waals surface area contributed by atoms with Crippen molar-refractivity contribution in [3.8, 4) is 0 Å². The van der Waals surface area contributed by atoms with Gasteiger partial charge in [-0.25, -0.2) is 0 Å². The lowest BCUT2D eigenvalue weighted by molar-refractivity contribution is -0.126. The highest BCUT2D eigenvalue weighted by molar-refractivity contribution is 6.31. The van der Waals surface area contributed by atoms with E-state index in [1.807, 2.05) is 25.1 Å². The van der Waals surface area contributed by atoms with E-state index < -0.39 is 0 Å². The Morgan fingerprint density at radius 1 is 1.47 bits per heavy atom. The van der Waals surface area contributed by atoms with E-state index in [4.69, 9.17) is 11.6 Å². The fourth-order valence-electron chi connectivity index (χ4n) is 2.59. The molecule has 1 fully saturated rings. The van der Waals surface area contributed by atoms with Crippen LogP contribution in [0.3, 0.4) is 0 Å². The summed E-state index contributed by atoms with van der Waals surface area (Å²) in [5, 5.41) is 6.99. The maximum absolute atomic E-state index is 12.6. The Morgan fingerprint density at radius 2 is 2.21 bits per heavy atom. The SMILES string of the molecule is Cc1ccc(NC(=O)C2(C(C)C)CCNC2)cc1Cl. The Bertz CT molecular complexity index is 479. The number of amides is 1. The summed E-state index contributed by atoms with van der Waals surface area (Å²) >= 11 is 6.09. The van der Waals surface area contributed by atoms with Crippen molar-refractivity contribution in [2.24, 2.45) is 11.3 Å². The molecule has 1 aromatic carbocycles. The van der Waals surface area contributed by atoms with Crippen LogP contribution in [0.1, 0.15) is 25.8 Å². The molecular weight excluding hydrogens is 260 g/mol. The van der Waals surface area contributed by atoms with Crippen molar-refractivity contribution >= 4 is 23.2 Å². The number of carbonyl (C=O) groups is 1. The fraction of sp³-hybridized carbons (Fsp3) is 0.533. The summed E-state index contributed by atoms with van der Waals surface area (Å²) in [6.45, 7) is 7.81. The molecule has 2 N–H and O–H groups in total. The van der Waals surface area contributed by atoms with Crippen LogP contribution in [0.2, 0.25) is 5.02 Å². The molecule has 1 aromatic rings. The van der Waals surface area contributed by atoms with Gasteiger partial charge in [0, 0.05) is 17.3 Å². The van der Waals surface area contributed by atoms with Gasteiger partial charge < -0.3 is 10.6 Å². The monoisotopic (exact) mass is 280 g/mol. The maximum Gasteiger partial charge on any atom is 0.232 e. The molecule has 1 saturated heterocycles. The van der Waals surface area contributed by atoms with Crippen molar-refractivity contribution in [2.75, 3.05) is 18.4 Å². The molecule has 0 spiro atoms. The first kappa shape index (κ1) is 14.4. The standard InChI is InChI=1S/C15H21ClN2O/c1-10(2)15(6-7-17-9-15)14(19)18-12-5-4-11(3)13(16)8-12/h4-5,8,10,17H,6-7,9H2,1-3H3,(H,18,19). The van der Waals surface area contributed by atoms with Gasteiger partial charge in [0.05, 0.1) is 5.41 Å². The van der Waals surface area contributed by atoms with Crippen LogP contribution in [-0.4, -0.2) is 19.0 Å². The van der Waals surface area contributed by atoms with E-state index in [9.17, 15) is 4.79 Å². The van der Waals surface area contributed by atoms with Gasteiger partial charge >= 0.3 is 0 Å². The lowest BCUT2D eigenvalue weighted by Crippen LogP contribution is -2.42. The Labute approximate surface area is 119 Å². The number of benzene rings is 1. The van der Waals surface area contributed by atoms with Crippen LogP contribution in [0.5, 0.6) is 0 Å². The molecule has 1 aliphatic rings. The zero-order valence-corrected chi connectivity index (χ0v) is 12.5. The van der Waals surface area contributed by atoms with Gasteiger partial charge in [0.2, 0.25) is 5.91 Å². The van der Waals surface area contributed by atoms with Crippen molar-refractivity contribution in [1.82, 2.24) is 5.32 Å². The van der Waals surface area contributed by atoms with Crippen LogP contribution >= 0.6 is 11.6 Å². The minimum Gasteiger partial charge on any atom is -0.326 e. The van der Waals surface area contributed by atoms with E-state index in [1.54, 1.807) is 0 Å². The molecule has 4 heteroatoms. The lowest BCUT2D eigenvalue weighted by Gasteiger charge is -2.31. The van der Waals surface area contributed by atoms with Crippen molar-refractivity contribution in [1.29, 1.82) is 0 Å². The van der Waals surface area contributed by atoms with Crippen LogP contribution in [0.25, 0.3) is 0 Å². The normalized spacial score (nSPS) is 22.8. The van der Waals surface area contributed by atoms with E-state index in [0.717, 1.165) is 30.8 Å². The third-order valence-electron chi connectivity index (χ3n) is 4.18. The van der Waals surface area contributed by atoms with Gasteiger partial charge in [-0.1, -0.05) is 31.5 Å². The smallest absolute Gasteiger partial charge is 0.232 e. The molecule has 2 rings (SSSR count). The second-order valence-electron chi connectivity index (χ2n) is 5.66. The molecule has 104 valence electrons. The largest absolute Gasteiger partial charge is 0.326 e. The molecule has 0 saturated carbocycles. The Kier molecular flexibility index (Phi) is 4.16. The number of aryl methyl sites for hydroxylation is 1. The zero-order valence-electron chi connectivity index (χ0n) is 11.7. The molecule has 3 nitrogen and oxygen atoms in total. The molecule has 1 aliphatic heterocycles. The van der Waals surface area contributed by atoms with Crippen LogP contribution in [-0.2, 0) is 4.79 Å². The third kappa shape index (κ3) is 2.77. The minimum absolute atomic E-state index is 0.0902. The van der Waals surface area contributed by atoms with Gasteiger partial charge in [0.25, 0.3) is 0 Å².